The van der Waals surface area contributed by atoms with E-state index in [1.807, 2.05) is 0 Å². The van der Waals surface area contributed by atoms with Crippen LogP contribution in [0.3, 0.4) is 0 Å². The lowest BCUT2D eigenvalue weighted by molar-refractivity contribution is -0.155. The van der Waals surface area contributed by atoms with E-state index in [9.17, 15) is 53.3 Å². The van der Waals surface area contributed by atoms with Gasteiger partial charge in [0.05, 0.1) is 6.20 Å². The lowest BCUT2D eigenvalue weighted by Gasteiger charge is -2.27. The van der Waals surface area contributed by atoms with E-state index in [-0.39, 0.29) is 31.8 Å². The van der Waals surface area contributed by atoms with Gasteiger partial charge in [-0.2, -0.15) is 4.39 Å². The Balaban J connectivity index is 1.24. The number of amides is 2. The summed E-state index contributed by atoms with van der Waals surface area (Å²) in [6.07, 6.45) is -8.93. The quantitative estimate of drug-likeness (QED) is 0.0391. The number of carbonyl (C=O) groups excluding carboxylic acids is 5. The van der Waals surface area contributed by atoms with E-state index in [0.29, 0.717) is 27.5 Å². The average Bonchev–Trinajstić information content (AvgIpc) is 3.63. The van der Waals surface area contributed by atoms with E-state index in [1.54, 1.807) is 110 Å². The number of phenols is 1. The highest BCUT2D eigenvalue weighted by Crippen LogP contribution is 2.35. The molecular weight excluding hydrogens is 908 g/mol. The van der Waals surface area contributed by atoms with Gasteiger partial charge in [-0.1, -0.05) is 117 Å². The normalized spacial score (nSPS) is 17.6. The molecule has 4 aromatic carbocycles. The fraction of sp³-hybridized carbons (Fsp3) is 0.312. The molecule has 2 heterocycles. The maximum absolute atomic E-state index is 14.4. The molecule has 1 saturated heterocycles. The van der Waals surface area contributed by atoms with Gasteiger partial charge in [-0.05, 0) is 34.2 Å². The molecule has 1 aliphatic rings. The van der Waals surface area contributed by atoms with Crippen LogP contribution in [0.2, 0.25) is 0 Å². The smallest absolute Gasteiger partial charge is 0.504 e. The van der Waals surface area contributed by atoms with E-state index < -0.39 is 120 Å². The Morgan fingerprint density at radius 2 is 1.36 bits per heavy atom. The SMILES string of the molecule is CC[C@H](C)[C@H](NC(=O)[C@H](Cc1ccc(OC(=O)OCc2ccccc2)c(O)c1C(=O)OCc1ccccc1)NC(=O)OCc1ccccc1)C(=O)OC[C@H]1O[C@@H](n2cc(F)c(=O)[nH]c2=O)[C@H](O)[C@@H]1O. The zero-order chi connectivity index (χ0) is 49.6. The van der Waals surface area contributed by atoms with Crippen LogP contribution in [-0.2, 0) is 59.5 Å². The van der Waals surface area contributed by atoms with Crippen molar-refractivity contribution in [2.24, 2.45) is 5.92 Å². The number of aliphatic hydroxyl groups is 2. The maximum Gasteiger partial charge on any atom is 0.514 e. The molecular formula is C48H49FN4O16. The number of ether oxygens (including phenoxy) is 6. The van der Waals surface area contributed by atoms with Crippen molar-refractivity contribution in [3.63, 3.8) is 0 Å². The second kappa shape index (κ2) is 23.7. The van der Waals surface area contributed by atoms with Crippen LogP contribution in [0.1, 0.15) is 59.1 Å². The third kappa shape index (κ3) is 13.4. The van der Waals surface area contributed by atoms with Gasteiger partial charge in [-0.25, -0.2) is 24.0 Å². The van der Waals surface area contributed by atoms with Crippen LogP contribution in [0.5, 0.6) is 11.5 Å². The number of aromatic amines is 1. The number of phenolic OH excluding ortho intramolecular Hbond substituents is 1. The van der Waals surface area contributed by atoms with Crippen LogP contribution in [0.25, 0.3) is 0 Å². The Morgan fingerprint density at radius 3 is 1.96 bits per heavy atom. The molecule has 20 nitrogen and oxygen atoms in total. The van der Waals surface area contributed by atoms with Gasteiger partial charge in [0.1, 0.15) is 62.4 Å². The van der Waals surface area contributed by atoms with E-state index in [0.717, 1.165) is 6.07 Å². The van der Waals surface area contributed by atoms with E-state index in [4.69, 9.17) is 28.4 Å². The molecule has 1 aliphatic heterocycles. The van der Waals surface area contributed by atoms with Gasteiger partial charge in [0.25, 0.3) is 5.56 Å². The first-order chi connectivity index (χ1) is 33.1. The van der Waals surface area contributed by atoms with E-state index >= 15 is 0 Å². The number of H-pyrrole nitrogens is 1. The second-order valence-corrected chi connectivity index (χ2v) is 15.8. The molecule has 69 heavy (non-hydrogen) atoms. The highest BCUT2D eigenvalue weighted by atomic mass is 19.1. The van der Waals surface area contributed by atoms with Crippen LogP contribution < -0.4 is 26.6 Å². The number of aliphatic hydroxyl groups excluding tert-OH is 2. The number of hydrogen-bond acceptors (Lipinski definition) is 16. The van der Waals surface area contributed by atoms with Gasteiger partial charge in [-0.3, -0.25) is 19.1 Å². The summed E-state index contributed by atoms with van der Waals surface area (Å²) in [5.74, 6) is -6.59. The molecule has 0 radical (unpaired) electrons. The van der Waals surface area contributed by atoms with Crippen LogP contribution >= 0.6 is 0 Å². The van der Waals surface area contributed by atoms with Crippen LogP contribution in [-0.4, -0.2) is 92.0 Å². The molecule has 364 valence electrons. The second-order valence-electron chi connectivity index (χ2n) is 15.8. The number of esters is 2. The minimum absolute atomic E-state index is 0.0938. The summed E-state index contributed by atoms with van der Waals surface area (Å²) in [7, 11) is 0. The fourth-order valence-electron chi connectivity index (χ4n) is 6.98. The maximum atomic E-state index is 14.4. The summed E-state index contributed by atoms with van der Waals surface area (Å²) in [6.45, 7) is 1.90. The zero-order valence-electron chi connectivity index (χ0n) is 37.2. The van der Waals surface area contributed by atoms with Gasteiger partial charge in [-0.15, -0.1) is 0 Å². The van der Waals surface area contributed by atoms with Crippen molar-refractivity contribution < 1.29 is 72.1 Å². The average molecular weight is 957 g/mol. The predicted molar refractivity (Wildman–Crippen MR) is 238 cm³/mol. The van der Waals surface area contributed by atoms with Crippen molar-refractivity contribution in [2.45, 2.75) is 83.1 Å². The van der Waals surface area contributed by atoms with Crippen LogP contribution in [0, 0.1) is 11.7 Å². The first kappa shape index (κ1) is 50.5. The molecule has 1 aromatic heterocycles. The summed E-state index contributed by atoms with van der Waals surface area (Å²) < 4.78 is 47.0. The van der Waals surface area contributed by atoms with Crippen molar-refractivity contribution >= 4 is 30.1 Å². The van der Waals surface area contributed by atoms with Crippen LogP contribution in [0.15, 0.2) is 119 Å². The van der Waals surface area contributed by atoms with Gasteiger partial charge in [0.15, 0.2) is 17.7 Å². The number of hydrogen-bond donors (Lipinski definition) is 6. The lowest BCUT2D eigenvalue weighted by Crippen LogP contribution is -2.54. The fourth-order valence-corrected chi connectivity index (χ4v) is 6.98. The number of nitrogens with one attached hydrogen (secondary N) is 3. The van der Waals surface area contributed by atoms with Crippen molar-refractivity contribution in [3.8, 4) is 11.5 Å². The molecule has 0 saturated carbocycles. The van der Waals surface area contributed by atoms with Gasteiger partial charge >= 0.3 is 29.9 Å². The first-order valence-electron chi connectivity index (χ1n) is 21.5. The summed E-state index contributed by atoms with van der Waals surface area (Å²) in [4.78, 5) is 93.8. The molecule has 0 spiro atoms. The standard InChI is InChI=1S/C48H49FN4O16/c1-3-27(2)37(45(60)65-26-35-39(55)40(56)43(68-35)53-22-32(49)41(57)52-46(53)61)51-42(58)33(50-47(62)66-24-29-15-9-5-10-16-29)21-31-19-20-34(69-48(63)67-25-30-17-11-6-12-18-30)38(54)36(31)44(59)64-23-28-13-7-4-8-14-28/h4-20,22,27,33,35,37,39-40,43,54-56H,3,21,23-26H2,1-2H3,(H,50,62)(H,51,58)(H,52,57,61)/t27-,33-,35+,37-,39+,40+,43+/m0/s1. The Morgan fingerprint density at radius 1 is 0.783 bits per heavy atom. The number of aromatic nitrogens is 2. The molecule has 7 atom stereocenters. The Labute approximate surface area is 392 Å². The zero-order valence-corrected chi connectivity index (χ0v) is 37.2. The minimum Gasteiger partial charge on any atom is -0.504 e. The molecule has 1 fully saturated rings. The Hall–Kier alpha value is -7.88. The molecule has 21 heteroatoms. The lowest BCUT2D eigenvalue weighted by atomic mass is 9.96. The molecule has 0 aliphatic carbocycles. The number of benzene rings is 4. The third-order valence-electron chi connectivity index (χ3n) is 11.0. The van der Waals surface area contributed by atoms with Gasteiger partial charge in [0, 0.05) is 6.42 Å². The van der Waals surface area contributed by atoms with Gasteiger partial charge < -0.3 is 54.4 Å². The number of aromatic hydroxyl groups is 1. The number of alkyl carbamates (subject to hydrolysis) is 1. The highest BCUT2D eigenvalue weighted by Gasteiger charge is 2.45. The topological polar surface area (TPSA) is 280 Å². The molecule has 2 amide bonds. The number of carbonyl (C=O) groups is 5. The Kier molecular flexibility index (Phi) is 17.4. The van der Waals surface area contributed by atoms with Crippen LogP contribution in [0.4, 0.5) is 14.0 Å². The third-order valence-corrected chi connectivity index (χ3v) is 11.0. The summed E-state index contributed by atoms with van der Waals surface area (Å²) in [6, 6.07) is 25.0. The van der Waals surface area contributed by atoms with E-state index in [1.165, 1.54) is 6.07 Å². The number of nitrogens with zero attached hydrogens (tertiary/aromatic N) is 1. The summed E-state index contributed by atoms with van der Waals surface area (Å²) in [5.41, 5.74) is -1.30. The molecule has 5 aromatic rings. The first-order valence-corrected chi connectivity index (χ1v) is 21.5. The summed E-state index contributed by atoms with van der Waals surface area (Å²) >= 11 is 0. The van der Waals surface area contributed by atoms with Crippen molar-refractivity contribution in [3.05, 3.63) is 164 Å². The van der Waals surface area contributed by atoms with Gasteiger partial charge in [0.2, 0.25) is 11.7 Å². The van der Waals surface area contributed by atoms with Crippen molar-refractivity contribution in [2.75, 3.05) is 6.61 Å². The van der Waals surface area contributed by atoms with E-state index in [2.05, 4.69) is 10.6 Å². The molecule has 6 N–H and O–H groups in total. The number of rotatable bonds is 19. The highest BCUT2D eigenvalue weighted by molar-refractivity contribution is 5.96. The summed E-state index contributed by atoms with van der Waals surface area (Å²) in [5, 5.41) is 37.9. The van der Waals surface area contributed by atoms with Crippen molar-refractivity contribution in [1.29, 1.82) is 0 Å². The molecule has 0 bridgehead atoms. The predicted octanol–water partition coefficient (Wildman–Crippen LogP) is 3.68. The monoisotopic (exact) mass is 956 g/mol. The minimum atomic E-state index is -1.84. The molecule has 6 rings (SSSR count). The Bertz CT molecular complexity index is 2700. The van der Waals surface area contributed by atoms with Crippen molar-refractivity contribution in [1.82, 2.24) is 20.2 Å². The molecule has 0 unspecified atom stereocenters. The number of halogens is 1. The largest absolute Gasteiger partial charge is 0.514 e.